The molecular weight excluding hydrogens is 256 g/mol. The van der Waals surface area contributed by atoms with Crippen molar-refractivity contribution in [1.82, 2.24) is 10.2 Å². The second kappa shape index (κ2) is 8.55. The Hall–Kier alpha value is -0.860. The molecule has 1 aliphatic rings. The number of hydrogen-bond acceptors (Lipinski definition) is 2. The van der Waals surface area contributed by atoms with E-state index in [4.69, 9.17) is 0 Å². The SMILES string of the molecule is CCC(Cc1ccccc1)N(CC1CCCNC1)C(C)C. The van der Waals surface area contributed by atoms with Crippen molar-refractivity contribution in [2.45, 2.75) is 58.5 Å². The maximum absolute atomic E-state index is 3.56. The Morgan fingerprint density at radius 2 is 2.00 bits per heavy atom. The first kappa shape index (κ1) is 16.5. The minimum Gasteiger partial charge on any atom is -0.316 e. The monoisotopic (exact) mass is 288 g/mol. The van der Waals surface area contributed by atoms with E-state index in [-0.39, 0.29) is 0 Å². The Kier molecular flexibility index (Phi) is 6.72. The molecule has 0 aliphatic carbocycles. The fraction of sp³-hybridized carbons (Fsp3) is 0.684. The van der Waals surface area contributed by atoms with Crippen molar-refractivity contribution in [3.8, 4) is 0 Å². The first-order chi connectivity index (χ1) is 10.2. The summed E-state index contributed by atoms with van der Waals surface area (Å²) in [5.74, 6) is 0.825. The number of rotatable bonds is 7. The summed E-state index contributed by atoms with van der Waals surface area (Å²) in [6, 6.07) is 12.2. The van der Waals surface area contributed by atoms with Crippen molar-refractivity contribution in [1.29, 1.82) is 0 Å². The highest BCUT2D eigenvalue weighted by atomic mass is 15.2. The lowest BCUT2D eigenvalue weighted by molar-refractivity contribution is 0.114. The van der Waals surface area contributed by atoms with Crippen molar-refractivity contribution in [2.75, 3.05) is 19.6 Å². The lowest BCUT2D eigenvalue weighted by Crippen LogP contribution is -2.47. The summed E-state index contributed by atoms with van der Waals surface area (Å²) in [5, 5.41) is 3.56. The molecule has 0 radical (unpaired) electrons. The first-order valence-electron chi connectivity index (χ1n) is 8.71. The van der Waals surface area contributed by atoms with Crippen LogP contribution in [-0.4, -0.2) is 36.6 Å². The minimum absolute atomic E-state index is 0.626. The first-order valence-corrected chi connectivity index (χ1v) is 8.71. The van der Waals surface area contributed by atoms with Crippen molar-refractivity contribution >= 4 is 0 Å². The van der Waals surface area contributed by atoms with Crippen LogP contribution in [-0.2, 0) is 6.42 Å². The van der Waals surface area contributed by atoms with Crippen molar-refractivity contribution in [2.24, 2.45) is 5.92 Å². The molecule has 0 bridgehead atoms. The Labute approximate surface area is 130 Å². The van der Waals surface area contributed by atoms with E-state index in [1.54, 1.807) is 0 Å². The largest absolute Gasteiger partial charge is 0.316 e. The molecule has 0 aromatic heterocycles. The van der Waals surface area contributed by atoms with Crippen LogP contribution in [0.4, 0.5) is 0 Å². The zero-order chi connectivity index (χ0) is 15.1. The normalized spacial score (nSPS) is 20.9. The fourth-order valence-corrected chi connectivity index (χ4v) is 3.54. The third kappa shape index (κ3) is 5.12. The standard InChI is InChI=1S/C19H32N2/c1-4-19(13-17-9-6-5-7-10-17)21(16(2)3)15-18-11-8-12-20-14-18/h5-7,9-10,16,18-20H,4,8,11-15H2,1-3H3. The van der Waals surface area contributed by atoms with Gasteiger partial charge in [0.05, 0.1) is 0 Å². The van der Waals surface area contributed by atoms with Crippen LogP contribution in [0.25, 0.3) is 0 Å². The summed E-state index contributed by atoms with van der Waals surface area (Å²) in [7, 11) is 0. The van der Waals surface area contributed by atoms with Crippen molar-refractivity contribution in [3.63, 3.8) is 0 Å². The van der Waals surface area contributed by atoms with E-state index in [1.807, 2.05) is 0 Å². The quantitative estimate of drug-likeness (QED) is 0.822. The summed E-state index contributed by atoms with van der Waals surface area (Å²) in [4.78, 5) is 2.74. The molecular formula is C19H32N2. The average Bonchev–Trinajstić information content (AvgIpc) is 2.52. The number of nitrogens with one attached hydrogen (secondary N) is 1. The zero-order valence-electron chi connectivity index (χ0n) is 14.0. The van der Waals surface area contributed by atoms with Crippen molar-refractivity contribution < 1.29 is 0 Å². The molecule has 1 fully saturated rings. The van der Waals surface area contributed by atoms with Crippen LogP contribution < -0.4 is 5.32 Å². The van der Waals surface area contributed by atoms with Crippen LogP contribution in [0.5, 0.6) is 0 Å². The molecule has 1 aliphatic heterocycles. The Balaban J connectivity index is 1.99. The lowest BCUT2D eigenvalue weighted by atomic mass is 9.95. The van der Waals surface area contributed by atoms with Crippen LogP contribution in [0, 0.1) is 5.92 Å². The maximum atomic E-state index is 3.56. The highest BCUT2D eigenvalue weighted by Gasteiger charge is 2.24. The second-order valence-electron chi connectivity index (χ2n) is 6.75. The minimum atomic E-state index is 0.626. The van der Waals surface area contributed by atoms with E-state index in [0.29, 0.717) is 12.1 Å². The summed E-state index contributed by atoms with van der Waals surface area (Å²) in [5.41, 5.74) is 1.47. The van der Waals surface area contributed by atoms with Gasteiger partial charge >= 0.3 is 0 Å². The molecule has 0 amide bonds. The molecule has 1 aromatic carbocycles. The van der Waals surface area contributed by atoms with Gasteiger partial charge in [0.1, 0.15) is 0 Å². The van der Waals surface area contributed by atoms with Gasteiger partial charge in [-0.15, -0.1) is 0 Å². The van der Waals surface area contributed by atoms with Crippen LogP contribution in [0.2, 0.25) is 0 Å². The highest BCUT2D eigenvalue weighted by Crippen LogP contribution is 2.20. The van der Waals surface area contributed by atoms with Crippen LogP contribution >= 0.6 is 0 Å². The molecule has 1 heterocycles. The predicted molar refractivity (Wildman–Crippen MR) is 91.7 cm³/mol. The van der Waals surface area contributed by atoms with Gasteiger partial charge in [-0.2, -0.15) is 0 Å². The molecule has 0 saturated carbocycles. The summed E-state index contributed by atoms with van der Waals surface area (Å²) >= 11 is 0. The van der Waals surface area contributed by atoms with E-state index in [1.165, 1.54) is 50.9 Å². The van der Waals surface area contributed by atoms with Crippen molar-refractivity contribution in [3.05, 3.63) is 35.9 Å². The van der Waals surface area contributed by atoms with E-state index < -0.39 is 0 Å². The summed E-state index contributed by atoms with van der Waals surface area (Å²) < 4.78 is 0. The topological polar surface area (TPSA) is 15.3 Å². The van der Waals surface area contributed by atoms with Gasteiger partial charge in [-0.3, -0.25) is 4.90 Å². The van der Waals surface area contributed by atoms with E-state index in [2.05, 4.69) is 61.3 Å². The predicted octanol–water partition coefficient (Wildman–Crippen LogP) is 3.72. The number of nitrogens with zero attached hydrogens (tertiary/aromatic N) is 1. The third-order valence-electron chi connectivity index (χ3n) is 4.79. The number of benzene rings is 1. The number of hydrogen-bond donors (Lipinski definition) is 1. The molecule has 0 spiro atoms. The summed E-state index contributed by atoms with van der Waals surface area (Å²) in [6.45, 7) is 10.7. The smallest absolute Gasteiger partial charge is 0.0136 e. The van der Waals surface area contributed by atoms with E-state index >= 15 is 0 Å². The average molecular weight is 288 g/mol. The molecule has 1 saturated heterocycles. The van der Waals surface area contributed by atoms with Gasteiger partial charge in [-0.25, -0.2) is 0 Å². The van der Waals surface area contributed by atoms with Gasteiger partial charge in [-0.05, 0) is 64.1 Å². The van der Waals surface area contributed by atoms with Gasteiger partial charge < -0.3 is 5.32 Å². The van der Waals surface area contributed by atoms with Gasteiger partial charge in [0.25, 0.3) is 0 Å². The molecule has 1 aromatic rings. The third-order valence-corrected chi connectivity index (χ3v) is 4.79. The van der Waals surface area contributed by atoms with Gasteiger partial charge in [0.2, 0.25) is 0 Å². The van der Waals surface area contributed by atoms with E-state index in [9.17, 15) is 0 Å². The number of piperidine rings is 1. The van der Waals surface area contributed by atoms with Crippen LogP contribution in [0.1, 0.15) is 45.6 Å². The molecule has 21 heavy (non-hydrogen) atoms. The Bertz CT molecular complexity index is 382. The maximum Gasteiger partial charge on any atom is 0.0136 e. The van der Waals surface area contributed by atoms with E-state index in [0.717, 1.165) is 5.92 Å². The highest BCUT2D eigenvalue weighted by molar-refractivity contribution is 5.16. The molecule has 2 unspecified atom stereocenters. The second-order valence-corrected chi connectivity index (χ2v) is 6.75. The molecule has 2 nitrogen and oxygen atoms in total. The molecule has 2 rings (SSSR count). The molecule has 2 heteroatoms. The van der Waals surface area contributed by atoms with Gasteiger partial charge in [0.15, 0.2) is 0 Å². The van der Waals surface area contributed by atoms with Crippen LogP contribution in [0.3, 0.4) is 0 Å². The molecule has 2 atom stereocenters. The fourth-order valence-electron chi connectivity index (χ4n) is 3.54. The molecule has 118 valence electrons. The summed E-state index contributed by atoms with van der Waals surface area (Å²) in [6.07, 6.45) is 5.13. The zero-order valence-corrected chi connectivity index (χ0v) is 14.0. The Morgan fingerprint density at radius 3 is 2.57 bits per heavy atom. The Morgan fingerprint density at radius 1 is 1.24 bits per heavy atom. The molecule has 1 N–H and O–H groups in total. The van der Waals surface area contributed by atoms with Crippen LogP contribution in [0.15, 0.2) is 30.3 Å². The lowest BCUT2D eigenvalue weighted by Gasteiger charge is -2.38. The van der Waals surface area contributed by atoms with Gasteiger partial charge in [-0.1, -0.05) is 37.3 Å². The van der Waals surface area contributed by atoms with Gasteiger partial charge in [0, 0.05) is 18.6 Å².